The highest BCUT2D eigenvalue weighted by atomic mass is 16.6. The highest BCUT2D eigenvalue weighted by molar-refractivity contribution is 5.86. The van der Waals surface area contributed by atoms with Crippen LogP contribution in [-0.2, 0) is 9.53 Å². The van der Waals surface area contributed by atoms with Gasteiger partial charge < -0.3 is 4.74 Å². The van der Waals surface area contributed by atoms with Crippen molar-refractivity contribution in [1.29, 1.82) is 0 Å². The summed E-state index contributed by atoms with van der Waals surface area (Å²) in [5, 5.41) is 10.6. The first kappa shape index (κ1) is 11.8. The molecule has 5 heteroatoms. The van der Waals surface area contributed by atoms with Gasteiger partial charge in [0.15, 0.2) is 11.8 Å². The number of rotatable bonds is 2. The minimum absolute atomic E-state index is 0.0932. The van der Waals surface area contributed by atoms with E-state index in [-0.39, 0.29) is 23.5 Å². The van der Waals surface area contributed by atoms with Crippen LogP contribution in [0.15, 0.2) is 10.3 Å². The van der Waals surface area contributed by atoms with Crippen LogP contribution in [0.25, 0.3) is 0 Å². The van der Waals surface area contributed by atoms with E-state index in [1.54, 1.807) is 0 Å². The van der Waals surface area contributed by atoms with Gasteiger partial charge in [-0.25, -0.2) is 0 Å². The predicted octanol–water partition coefficient (Wildman–Crippen LogP) is 2.12. The molecule has 0 aromatic heterocycles. The van der Waals surface area contributed by atoms with Crippen molar-refractivity contribution in [1.82, 2.24) is 5.01 Å². The smallest absolute Gasteiger partial charge is 0.161 e. The van der Waals surface area contributed by atoms with Crippen LogP contribution in [0, 0.1) is 5.92 Å². The number of ketones is 1. The Morgan fingerprint density at radius 3 is 2.84 bits per heavy atom. The van der Waals surface area contributed by atoms with E-state index >= 15 is 0 Å². The molecule has 3 fully saturated rings. The van der Waals surface area contributed by atoms with E-state index in [0.717, 1.165) is 25.5 Å². The second-order valence-electron chi connectivity index (χ2n) is 6.54. The quantitative estimate of drug-likeness (QED) is 0.717. The predicted molar refractivity (Wildman–Crippen MR) is 68.6 cm³/mol. The number of hydrogen-bond acceptors (Lipinski definition) is 5. The molecule has 0 aromatic rings. The number of Topliss-reactive ketones (excluding diaryl/α,β-unsaturated/α-hetero) is 1. The van der Waals surface area contributed by atoms with Gasteiger partial charge in [0, 0.05) is 13.0 Å². The summed E-state index contributed by atoms with van der Waals surface area (Å²) in [6.07, 6.45) is 8.11. The van der Waals surface area contributed by atoms with Crippen molar-refractivity contribution < 1.29 is 9.53 Å². The summed E-state index contributed by atoms with van der Waals surface area (Å²) in [5.41, 5.74) is -0.100. The van der Waals surface area contributed by atoms with E-state index < -0.39 is 0 Å². The van der Waals surface area contributed by atoms with Crippen molar-refractivity contribution >= 4 is 5.78 Å². The van der Waals surface area contributed by atoms with E-state index in [1.165, 1.54) is 32.1 Å². The van der Waals surface area contributed by atoms with Gasteiger partial charge in [-0.05, 0) is 25.2 Å². The van der Waals surface area contributed by atoms with Crippen LogP contribution in [0.2, 0.25) is 0 Å². The fourth-order valence-corrected chi connectivity index (χ4v) is 4.03. The summed E-state index contributed by atoms with van der Waals surface area (Å²) >= 11 is 0. The molecule has 104 valence electrons. The van der Waals surface area contributed by atoms with Gasteiger partial charge in [0.05, 0.1) is 6.61 Å². The lowest BCUT2D eigenvalue weighted by atomic mass is 9.80. The van der Waals surface area contributed by atoms with Gasteiger partial charge in [0.1, 0.15) is 11.6 Å². The van der Waals surface area contributed by atoms with Crippen molar-refractivity contribution in [2.24, 2.45) is 16.3 Å². The fourth-order valence-electron chi connectivity index (χ4n) is 4.03. The SMILES string of the molecule is O=C1CCC2(CO2)C2C1N=NN2CC1CCCCC1. The molecular weight excluding hydrogens is 242 g/mol. The molecule has 0 bridgehead atoms. The number of epoxide rings is 1. The van der Waals surface area contributed by atoms with E-state index in [9.17, 15) is 4.79 Å². The molecule has 3 unspecified atom stereocenters. The van der Waals surface area contributed by atoms with Crippen molar-refractivity contribution in [2.45, 2.75) is 62.6 Å². The molecule has 5 nitrogen and oxygen atoms in total. The van der Waals surface area contributed by atoms with Crippen LogP contribution >= 0.6 is 0 Å². The summed E-state index contributed by atoms with van der Waals surface area (Å²) in [6, 6.07) is -0.157. The Morgan fingerprint density at radius 2 is 2.11 bits per heavy atom. The van der Waals surface area contributed by atoms with Gasteiger partial charge in [-0.3, -0.25) is 9.80 Å². The Kier molecular flexibility index (Phi) is 2.65. The van der Waals surface area contributed by atoms with Crippen molar-refractivity contribution in [3.8, 4) is 0 Å². The van der Waals surface area contributed by atoms with E-state index in [4.69, 9.17) is 4.74 Å². The summed E-state index contributed by atoms with van der Waals surface area (Å²) in [6.45, 7) is 1.75. The van der Waals surface area contributed by atoms with Crippen molar-refractivity contribution in [3.63, 3.8) is 0 Å². The molecule has 2 aliphatic carbocycles. The molecule has 4 rings (SSSR count). The highest BCUT2D eigenvalue weighted by Gasteiger charge is 2.62. The number of ether oxygens (including phenoxy) is 1. The first-order valence-corrected chi connectivity index (χ1v) is 7.63. The molecular formula is C14H21N3O2. The van der Waals surface area contributed by atoms with Gasteiger partial charge in [-0.15, -0.1) is 0 Å². The molecule has 0 radical (unpaired) electrons. The molecule has 0 N–H and O–H groups in total. The molecule has 1 spiro atoms. The molecule has 2 saturated carbocycles. The maximum Gasteiger partial charge on any atom is 0.161 e. The molecule has 19 heavy (non-hydrogen) atoms. The second kappa shape index (κ2) is 4.27. The number of nitrogens with zero attached hydrogens (tertiary/aromatic N) is 3. The molecule has 2 heterocycles. The fraction of sp³-hybridized carbons (Fsp3) is 0.929. The lowest BCUT2D eigenvalue weighted by Gasteiger charge is -2.35. The third kappa shape index (κ3) is 1.90. The molecule has 0 aromatic carbocycles. The minimum atomic E-state index is -0.250. The van der Waals surface area contributed by atoms with E-state index in [2.05, 4.69) is 15.3 Å². The Morgan fingerprint density at radius 1 is 1.32 bits per heavy atom. The van der Waals surface area contributed by atoms with Gasteiger partial charge in [-0.2, -0.15) is 5.11 Å². The van der Waals surface area contributed by atoms with Crippen LogP contribution in [0.3, 0.4) is 0 Å². The normalized spacial score (nSPS) is 41.9. The van der Waals surface area contributed by atoms with Gasteiger partial charge in [0.25, 0.3) is 0 Å². The lowest BCUT2D eigenvalue weighted by Crippen LogP contribution is -2.54. The van der Waals surface area contributed by atoms with Crippen molar-refractivity contribution in [3.05, 3.63) is 0 Å². The first-order valence-electron chi connectivity index (χ1n) is 7.63. The topological polar surface area (TPSA) is 57.6 Å². The Hall–Kier alpha value is -0.970. The number of hydrogen-bond donors (Lipinski definition) is 0. The Bertz CT molecular complexity index is 413. The summed E-state index contributed by atoms with van der Waals surface area (Å²) < 4.78 is 5.70. The third-order valence-electron chi connectivity index (χ3n) is 5.26. The maximum absolute atomic E-state index is 12.0. The molecule has 2 aliphatic heterocycles. The molecule has 3 atom stereocenters. The summed E-state index contributed by atoms with van der Waals surface area (Å²) in [4.78, 5) is 12.0. The lowest BCUT2D eigenvalue weighted by molar-refractivity contribution is -0.124. The summed E-state index contributed by atoms with van der Waals surface area (Å²) in [5.74, 6) is 0.972. The largest absolute Gasteiger partial charge is 0.367 e. The zero-order valence-corrected chi connectivity index (χ0v) is 11.3. The Labute approximate surface area is 113 Å². The number of fused-ring (bicyclic) bond motifs is 2. The molecule has 4 aliphatic rings. The number of carbonyl (C=O) groups is 1. The van der Waals surface area contributed by atoms with Crippen LogP contribution in [0.5, 0.6) is 0 Å². The van der Waals surface area contributed by atoms with Gasteiger partial charge in [-0.1, -0.05) is 24.5 Å². The highest BCUT2D eigenvalue weighted by Crippen LogP contribution is 2.47. The Balaban J connectivity index is 1.50. The minimum Gasteiger partial charge on any atom is -0.367 e. The van der Waals surface area contributed by atoms with Gasteiger partial charge >= 0.3 is 0 Å². The molecule has 0 amide bonds. The third-order valence-corrected chi connectivity index (χ3v) is 5.26. The second-order valence-corrected chi connectivity index (χ2v) is 6.54. The standard InChI is InChI=1S/C14H21N3O2/c18-11-6-7-14(9-19-14)13-12(11)15-16-17(13)8-10-4-2-1-3-5-10/h10,12-13H,1-9H2. The van der Waals surface area contributed by atoms with Crippen LogP contribution < -0.4 is 0 Å². The average Bonchev–Trinajstić information content (AvgIpc) is 3.08. The van der Waals surface area contributed by atoms with E-state index in [1.807, 2.05) is 0 Å². The zero-order chi connectivity index (χ0) is 12.9. The first-order chi connectivity index (χ1) is 9.28. The van der Waals surface area contributed by atoms with E-state index in [0.29, 0.717) is 6.42 Å². The monoisotopic (exact) mass is 263 g/mol. The van der Waals surface area contributed by atoms with Crippen LogP contribution in [0.4, 0.5) is 0 Å². The van der Waals surface area contributed by atoms with Crippen LogP contribution in [0.1, 0.15) is 44.9 Å². The zero-order valence-electron chi connectivity index (χ0n) is 11.3. The average molecular weight is 263 g/mol. The van der Waals surface area contributed by atoms with Crippen molar-refractivity contribution in [2.75, 3.05) is 13.2 Å². The molecule has 1 saturated heterocycles. The number of carbonyl (C=O) groups excluding carboxylic acids is 1. The summed E-state index contributed by atoms with van der Waals surface area (Å²) in [7, 11) is 0. The maximum atomic E-state index is 12.0. The van der Waals surface area contributed by atoms with Gasteiger partial charge in [0.2, 0.25) is 0 Å². The van der Waals surface area contributed by atoms with Crippen LogP contribution in [-0.4, -0.2) is 41.6 Å².